The van der Waals surface area contributed by atoms with Gasteiger partial charge in [-0.15, -0.1) is 11.3 Å². The molecule has 212 valence electrons. The van der Waals surface area contributed by atoms with Gasteiger partial charge in [-0.3, -0.25) is 19.4 Å². The summed E-state index contributed by atoms with van der Waals surface area (Å²) in [6.07, 6.45) is 3.63. The molecular formula is C28H26N10O3S. The minimum Gasteiger partial charge on any atom is -0.358 e. The number of benzene rings is 2. The molecule has 0 aliphatic rings. The standard InChI is InChI=1S/C28H26N10O3S/c1-2-18(35-25-23-24(31-14-30-23)32-15-33-25)26-36-19-10-6-7-16(11-29-12-21-34-20(13-42-21)27(39)37-41)22(19)28(40)38(26)17-8-4-3-5-9-17/h3-10,13-15,18,29,41H,2,11-12H2,1H3,(H,37,39)(H2,30,31,32,33,35). The Bertz CT molecular complexity index is 1940. The molecule has 1 atom stereocenters. The molecule has 5 N–H and O–H groups in total. The van der Waals surface area contributed by atoms with Crippen molar-refractivity contribution in [2.75, 3.05) is 5.32 Å². The van der Waals surface area contributed by atoms with E-state index in [0.29, 0.717) is 63.9 Å². The molecular weight excluding hydrogens is 556 g/mol. The van der Waals surface area contributed by atoms with E-state index in [-0.39, 0.29) is 17.3 Å². The van der Waals surface area contributed by atoms with Gasteiger partial charge < -0.3 is 15.6 Å². The topological polar surface area (TPSA) is 176 Å². The van der Waals surface area contributed by atoms with Crippen molar-refractivity contribution in [1.82, 2.24) is 45.3 Å². The van der Waals surface area contributed by atoms with Gasteiger partial charge in [0.1, 0.15) is 28.4 Å². The number of hydrogen-bond donors (Lipinski definition) is 5. The number of aromatic amines is 1. The van der Waals surface area contributed by atoms with E-state index in [1.807, 2.05) is 55.5 Å². The van der Waals surface area contributed by atoms with Gasteiger partial charge in [0.15, 0.2) is 11.5 Å². The number of nitrogens with zero attached hydrogens (tertiary/aromatic N) is 6. The molecule has 0 aliphatic heterocycles. The maximum absolute atomic E-state index is 14.3. The fourth-order valence-corrected chi connectivity index (χ4v) is 5.51. The van der Waals surface area contributed by atoms with Crippen LogP contribution >= 0.6 is 11.3 Å². The molecule has 0 spiro atoms. The summed E-state index contributed by atoms with van der Waals surface area (Å²) in [5.74, 6) is 0.455. The summed E-state index contributed by atoms with van der Waals surface area (Å²) in [7, 11) is 0. The lowest BCUT2D eigenvalue weighted by molar-refractivity contribution is 0.0701. The van der Waals surface area contributed by atoms with Crippen molar-refractivity contribution < 1.29 is 10.0 Å². The van der Waals surface area contributed by atoms with Crippen LogP contribution in [-0.2, 0) is 13.1 Å². The highest BCUT2D eigenvalue weighted by molar-refractivity contribution is 7.09. The molecule has 0 fully saturated rings. The Morgan fingerprint density at radius 1 is 1.07 bits per heavy atom. The van der Waals surface area contributed by atoms with Crippen LogP contribution in [0.5, 0.6) is 0 Å². The molecule has 0 saturated heterocycles. The number of thiazole rings is 1. The lowest BCUT2D eigenvalue weighted by Crippen LogP contribution is -2.29. The number of carbonyl (C=O) groups is 1. The first-order valence-electron chi connectivity index (χ1n) is 13.2. The van der Waals surface area contributed by atoms with Crippen molar-refractivity contribution in [3.63, 3.8) is 0 Å². The lowest BCUT2D eigenvalue weighted by Gasteiger charge is -2.22. The highest BCUT2D eigenvalue weighted by Crippen LogP contribution is 2.26. The van der Waals surface area contributed by atoms with Crippen LogP contribution < -0.4 is 21.7 Å². The molecule has 6 rings (SSSR count). The average Bonchev–Trinajstić information content (AvgIpc) is 3.70. The minimum atomic E-state index is -0.663. The third-order valence-corrected chi connectivity index (χ3v) is 7.60. The van der Waals surface area contributed by atoms with Gasteiger partial charge in [-0.05, 0) is 30.2 Å². The molecule has 13 nitrogen and oxygen atoms in total. The Balaban J connectivity index is 1.38. The van der Waals surface area contributed by atoms with Crippen LogP contribution in [-0.4, -0.2) is 45.6 Å². The number of nitrogens with one attached hydrogen (secondary N) is 4. The quantitative estimate of drug-likeness (QED) is 0.119. The molecule has 1 amide bonds. The Hall–Kier alpha value is -5.05. The van der Waals surface area contributed by atoms with Crippen LogP contribution in [0.4, 0.5) is 5.82 Å². The van der Waals surface area contributed by atoms with Crippen LogP contribution in [0.2, 0.25) is 0 Å². The summed E-state index contributed by atoms with van der Waals surface area (Å²) in [5, 5.41) is 18.3. The van der Waals surface area contributed by atoms with Gasteiger partial charge in [-0.2, -0.15) is 0 Å². The number of H-pyrrole nitrogens is 1. The highest BCUT2D eigenvalue weighted by Gasteiger charge is 2.23. The van der Waals surface area contributed by atoms with E-state index in [0.717, 1.165) is 5.56 Å². The largest absolute Gasteiger partial charge is 0.358 e. The Kier molecular flexibility index (Phi) is 7.64. The number of hydrogen-bond acceptors (Lipinski definition) is 11. The molecule has 14 heteroatoms. The van der Waals surface area contributed by atoms with Crippen molar-refractivity contribution >= 4 is 45.1 Å². The molecule has 1 unspecified atom stereocenters. The van der Waals surface area contributed by atoms with Crippen molar-refractivity contribution in [2.24, 2.45) is 0 Å². The number of hydroxylamine groups is 1. The van der Waals surface area contributed by atoms with Gasteiger partial charge in [0.2, 0.25) is 0 Å². The average molecular weight is 583 g/mol. The molecule has 0 radical (unpaired) electrons. The SMILES string of the molecule is CCC(Nc1ncnc2nc[nH]c12)c1nc2cccc(CNCc3nc(C(=O)NO)cs3)c2c(=O)n1-c1ccccc1. The van der Waals surface area contributed by atoms with E-state index < -0.39 is 5.91 Å². The van der Waals surface area contributed by atoms with Gasteiger partial charge in [0.25, 0.3) is 11.5 Å². The van der Waals surface area contributed by atoms with E-state index in [2.05, 4.69) is 35.6 Å². The summed E-state index contributed by atoms with van der Waals surface area (Å²) in [4.78, 5) is 51.1. The monoisotopic (exact) mass is 582 g/mol. The fraction of sp³-hybridized carbons (Fsp3) is 0.179. The first-order chi connectivity index (χ1) is 20.6. The maximum Gasteiger partial charge on any atom is 0.294 e. The maximum atomic E-state index is 14.3. The van der Waals surface area contributed by atoms with Crippen molar-refractivity contribution in [3.8, 4) is 5.69 Å². The van der Waals surface area contributed by atoms with Crippen LogP contribution in [0.25, 0.3) is 27.8 Å². The van der Waals surface area contributed by atoms with E-state index >= 15 is 0 Å². The Morgan fingerprint density at radius 3 is 2.74 bits per heavy atom. The summed E-state index contributed by atoms with van der Waals surface area (Å²) in [6, 6.07) is 14.7. The molecule has 4 aromatic heterocycles. The van der Waals surface area contributed by atoms with Crippen molar-refractivity contribution in [3.05, 3.63) is 99.0 Å². The third-order valence-electron chi connectivity index (χ3n) is 6.76. The summed E-state index contributed by atoms with van der Waals surface area (Å²) in [6.45, 7) is 2.77. The van der Waals surface area contributed by atoms with Gasteiger partial charge >= 0.3 is 0 Å². The summed E-state index contributed by atoms with van der Waals surface area (Å²) >= 11 is 1.30. The number of para-hydroxylation sites is 1. The zero-order valence-electron chi connectivity index (χ0n) is 22.4. The minimum absolute atomic E-state index is 0.140. The number of fused-ring (bicyclic) bond motifs is 2. The molecule has 0 saturated carbocycles. The second-order valence-electron chi connectivity index (χ2n) is 9.36. The van der Waals surface area contributed by atoms with Crippen LogP contribution in [0.1, 0.15) is 46.3 Å². The molecule has 0 aliphatic carbocycles. The number of carbonyl (C=O) groups excluding carboxylic acids is 1. The number of aromatic nitrogens is 7. The van der Waals surface area contributed by atoms with Gasteiger partial charge in [0.05, 0.1) is 29.0 Å². The Morgan fingerprint density at radius 2 is 1.93 bits per heavy atom. The van der Waals surface area contributed by atoms with Crippen LogP contribution in [0.15, 0.2) is 71.4 Å². The van der Waals surface area contributed by atoms with Crippen molar-refractivity contribution in [2.45, 2.75) is 32.5 Å². The van der Waals surface area contributed by atoms with Gasteiger partial charge in [-0.25, -0.2) is 30.4 Å². The highest BCUT2D eigenvalue weighted by atomic mass is 32.1. The summed E-state index contributed by atoms with van der Waals surface area (Å²) in [5.41, 5.74) is 4.79. The molecule has 42 heavy (non-hydrogen) atoms. The van der Waals surface area contributed by atoms with Gasteiger partial charge in [0, 0.05) is 18.5 Å². The molecule has 6 aromatic rings. The fourth-order valence-electron chi connectivity index (χ4n) is 4.77. The third kappa shape index (κ3) is 5.21. The van der Waals surface area contributed by atoms with Crippen LogP contribution in [0, 0.1) is 0 Å². The predicted molar refractivity (Wildman–Crippen MR) is 158 cm³/mol. The number of anilines is 1. The predicted octanol–water partition coefficient (Wildman–Crippen LogP) is 3.48. The number of imidazole rings is 1. The van der Waals surface area contributed by atoms with E-state index in [9.17, 15) is 9.59 Å². The molecule has 0 bridgehead atoms. The number of amides is 1. The second-order valence-corrected chi connectivity index (χ2v) is 10.3. The summed E-state index contributed by atoms with van der Waals surface area (Å²) < 4.78 is 1.65. The van der Waals surface area contributed by atoms with E-state index in [1.165, 1.54) is 17.7 Å². The zero-order chi connectivity index (χ0) is 29.1. The zero-order valence-corrected chi connectivity index (χ0v) is 23.2. The number of rotatable bonds is 10. The van der Waals surface area contributed by atoms with Gasteiger partial charge in [-0.1, -0.05) is 37.3 Å². The van der Waals surface area contributed by atoms with E-state index in [1.54, 1.807) is 21.8 Å². The Labute approximate surface area is 242 Å². The second kappa shape index (κ2) is 11.8. The van der Waals surface area contributed by atoms with E-state index in [4.69, 9.17) is 10.2 Å². The lowest BCUT2D eigenvalue weighted by atomic mass is 10.1. The first-order valence-corrected chi connectivity index (χ1v) is 14.1. The first kappa shape index (κ1) is 27.1. The van der Waals surface area contributed by atoms with Crippen molar-refractivity contribution in [1.29, 1.82) is 0 Å². The molecule has 2 aromatic carbocycles. The van der Waals surface area contributed by atoms with Crippen LogP contribution in [0.3, 0.4) is 0 Å². The smallest absolute Gasteiger partial charge is 0.294 e. The molecule has 4 heterocycles. The normalized spacial score (nSPS) is 12.0.